The predicted molar refractivity (Wildman–Crippen MR) is 117 cm³/mol. The summed E-state index contributed by atoms with van der Waals surface area (Å²) < 4.78 is 0. The lowest BCUT2D eigenvalue weighted by molar-refractivity contribution is -0.116. The number of aromatic nitrogens is 1. The van der Waals surface area contributed by atoms with Gasteiger partial charge < -0.3 is 10.6 Å². The molecule has 0 bridgehead atoms. The molecule has 1 heterocycles. The van der Waals surface area contributed by atoms with Gasteiger partial charge in [0.2, 0.25) is 11.8 Å². The van der Waals surface area contributed by atoms with E-state index in [1.165, 1.54) is 11.3 Å². The van der Waals surface area contributed by atoms with Gasteiger partial charge in [0.25, 0.3) is 0 Å². The second-order valence-corrected chi connectivity index (χ2v) is 7.46. The molecule has 0 radical (unpaired) electrons. The van der Waals surface area contributed by atoms with Gasteiger partial charge in [-0.15, -0.1) is 11.3 Å². The number of hydrogen-bond acceptors (Lipinski definition) is 4. The number of nitrogens with one attached hydrogen (secondary N) is 2. The average molecular weight is 401 g/mol. The second kappa shape index (κ2) is 8.67. The fourth-order valence-corrected chi connectivity index (χ4v) is 3.81. The normalized spacial score (nSPS) is 10.6. The van der Waals surface area contributed by atoms with Gasteiger partial charge in [0.1, 0.15) is 0 Å². The highest BCUT2D eigenvalue weighted by Gasteiger charge is 2.11. The quantitative estimate of drug-likeness (QED) is 0.494. The molecular formula is C23H19N3O2S. The Bertz CT molecular complexity index is 1150. The molecule has 2 N–H and O–H groups in total. The van der Waals surface area contributed by atoms with E-state index >= 15 is 0 Å². The summed E-state index contributed by atoms with van der Waals surface area (Å²) in [6, 6.07) is 23.3. The molecule has 0 fully saturated rings. The van der Waals surface area contributed by atoms with Crippen LogP contribution in [0, 0.1) is 0 Å². The van der Waals surface area contributed by atoms with Crippen molar-refractivity contribution in [3.8, 4) is 0 Å². The van der Waals surface area contributed by atoms with Crippen molar-refractivity contribution in [3.05, 3.63) is 89.4 Å². The number of amides is 2. The number of hydrogen-bond donors (Lipinski definition) is 2. The van der Waals surface area contributed by atoms with Crippen molar-refractivity contribution in [1.29, 1.82) is 0 Å². The minimum absolute atomic E-state index is 0.127. The van der Waals surface area contributed by atoms with Crippen molar-refractivity contribution in [2.75, 3.05) is 10.6 Å². The number of carbonyl (C=O) groups excluding carboxylic acids is 2. The third-order valence-electron chi connectivity index (χ3n) is 4.41. The Morgan fingerprint density at radius 3 is 2.38 bits per heavy atom. The van der Waals surface area contributed by atoms with Crippen LogP contribution in [0.4, 0.5) is 10.8 Å². The van der Waals surface area contributed by atoms with E-state index in [0.29, 0.717) is 10.8 Å². The van der Waals surface area contributed by atoms with E-state index in [9.17, 15) is 9.59 Å². The van der Waals surface area contributed by atoms with Crippen molar-refractivity contribution in [2.45, 2.75) is 12.8 Å². The molecule has 2 amide bonds. The number of carbonyl (C=O) groups is 2. The third-order valence-corrected chi connectivity index (χ3v) is 5.22. The summed E-state index contributed by atoms with van der Waals surface area (Å²) in [5.41, 5.74) is 2.35. The topological polar surface area (TPSA) is 71.1 Å². The summed E-state index contributed by atoms with van der Waals surface area (Å²) in [7, 11) is 0. The largest absolute Gasteiger partial charge is 0.325 e. The van der Waals surface area contributed by atoms with E-state index in [-0.39, 0.29) is 24.7 Å². The highest BCUT2D eigenvalue weighted by atomic mass is 32.1. The zero-order valence-electron chi connectivity index (χ0n) is 15.6. The Labute approximate surface area is 172 Å². The predicted octanol–water partition coefficient (Wildman–Crippen LogP) is 4.66. The van der Waals surface area contributed by atoms with Gasteiger partial charge in [-0.05, 0) is 17.0 Å². The van der Waals surface area contributed by atoms with Crippen LogP contribution in [0.5, 0.6) is 0 Å². The molecule has 29 heavy (non-hydrogen) atoms. The molecule has 0 aliphatic rings. The lowest BCUT2D eigenvalue weighted by Crippen LogP contribution is -2.16. The highest BCUT2D eigenvalue weighted by Crippen LogP contribution is 2.23. The standard InChI is InChI=1S/C23H19N3O2S/c27-21(13-16-7-2-1-3-8-16)26-23-24-18(15-29-23)14-22(28)25-20-12-6-10-17-9-4-5-11-19(17)20/h1-12,15H,13-14H2,(H,25,28)(H,24,26,27). The average Bonchev–Trinajstić information content (AvgIpc) is 3.15. The van der Waals surface area contributed by atoms with Gasteiger partial charge in [0.05, 0.1) is 18.5 Å². The van der Waals surface area contributed by atoms with Crippen LogP contribution in [0.25, 0.3) is 10.8 Å². The van der Waals surface area contributed by atoms with Gasteiger partial charge in [-0.25, -0.2) is 4.98 Å². The van der Waals surface area contributed by atoms with Crippen molar-refractivity contribution in [3.63, 3.8) is 0 Å². The van der Waals surface area contributed by atoms with Crippen LogP contribution in [0.1, 0.15) is 11.3 Å². The summed E-state index contributed by atoms with van der Waals surface area (Å²) in [6.07, 6.45) is 0.436. The van der Waals surface area contributed by atoms with Crippen LogP contribution < -0.4 is 10.6 Å². The second-order valence-electron chi connectivity index (χ2n) is 6.61. The Morgan fingerprint density at radius 2 is 1.52 bits per heavy atom. The molecule has 6 heteroatoms. The maximum Gasteiger partial charge on any atom is 0.230 e. The molecule has 3 aromatic carbocycles. The number of anilines is 2. The van der Waals surface area contributed by atoms with Gasteiger partial charge in [-0.1, -0.05) is 66.7 Å². The van der Waals surface area contributed by atoms with Crippen LogP contribution in [0.3, 0.4) is 0 Å². The first-order chi connectivity index (χ1) is 14.2. The molecule has 0 saturated carbocycles. The number of fused-ring (bicyclic) bond motifs is 1. The SMILES string of the molecule is O=C(Cc1ccccc1)Nc1nc(CC(=O)Nc2cccc3ccccc23)cs1. The zero-order valence-corrected chi connectivity index (χ0v) is 16.4. The van der Waals surface area contributed by atoms with Crippen LogP contribution in [-0.4, -0.2) is 16.8 Å². The number of nitrogens with zero attached hydrogens (tertiary/aromatic N) is 1. The molecular weight excluding hydrogens is 382 g/mol. The Kier molecular flexibility index (Phi) is 5.63. The molecule has 144 valence electrons. The first kappa shape index (κ1) is 18.8. The zero-order chi connectivity index (χ0) is 20.1. The Hall–Kier alpha value is -3.51. The fraction of sp³-hybridized carbons (Fsp3) is 0.0870. The number of rotatable bonds is 6. The van der Waals surface area contributed by atoms with Crippen molar-refractivity contribution in [1.82, 2.24) is 4.98 Å². The Balaban J connectivity index is 1.36. The van der Waals surface area contributed by atoms with Gasteiger partial charge in [0.15, 0.2) is 5.13 Å². The van der Waals surface area contributed by atoms with Crippen LogP contribution in [0.15, 0.2) is 78.2 Å². The van der Waals surface area contributed by atoms with E-state index < -0.39 is 0 Å². The molecule has 4 rings (SSSR count). The van der Waals surface area contributed by atoms with Crippen LogP contribution in [0.2, 0.25) is 0 Å². The van der Waals surface area contributed by atoms with Crippen molar-refractivity contribution in [2.24, 2.45) is 0 Å². The van der Waals surface area contributed by atoms with Gasteiger partial charge in [-0.2, -0.15) is 0 Å². The fourth-order valence-electron chi connectivity index (χ4n) is 3.08. The molecule has 0 saturated heterocycles. The molecule has 0 atom stereocenters. The molecule has 4 aromatic rings. The molecule has 0 unspecified atom stereocenters. The maximum atomic E-state index is 12.5. The third kappa shape index (κ3) is 4.86. The lowest BCUT2D eigenvalue weighted by atomic mass is 10.1. The maximum absolute atomic E-state index is 12.5. The minimum atomic E-state index is -0.145. The number of thiazole rings is 1. The molecule has 0 aliphatic carbocycles. The van der Waals surface area contributed by atoms with E-state index in [1.54, 1.807) is 5.38 Å². The lowest BCUT2D eigenvalue weighted by Gasteiger charge is -2.08. The van der Waals surface area contributed by atoms with Crippen molar-refractivity contribution >= 4 is 44.7 Å². The smallest absolute Gasteiger partial charge is 0.230 e. The van der Waals surface area contributed by atoms with E-state index in [2.05, 4.69) is 15.6 Å². The summed E-state index contributed by atoms with van der Waals surface area (Å²) in [6.45, 7) is 0. The summed E-state index contributed by atoms with van der Waals surface area (Å²) in [4.78, 5) is 29.0. The minimum Gasteiger partial charge on any atom is -0.325 e. The Morgan fingerprint density at radius 1 is 0.793 bits per heavy atom. The molecule has 0 spiro atoms. The van der Waals surface area contributed by atoms with E-state index in [0.717, 1.165) is 22.0 Å². The van der Waals surface area contributed by atoms with Gasteiger partial charge >= 0.3 is 0 Å². The van der Waals surface area contributed by atoms with Crippen LogP contribution >= 0.6 is 11.3 Å². The first-order valence-electron chi connectivity index (χ1n) is 9.23. The van der Waals surface area contributed by atoms with E-state index in [4.69, 9.17) is 0 Å². The highest BCUT2D eigenvalue weighted by molar-refractivity contribution is 7.13. The van der Waals surface area contributed by atoms with Crippen LogP contribution in [-0.2, 0) is 22.4 Å². The molecule has 1 aromatic heterocycles. The van der Waals surface area contributed by atoms with Gasteiger partial charge in [0, 0.05) is 16.5 Å². The molecule has 0 aliphatic heterocycles. The summed E-state index contributed by atoms with van der Waals surface area (Å²) in [5, 5.41) is 10.1. The van der Waals surface area contributed by atoms with Gasteiger partial charge in [-0.3, -0.25) is 9.59 Å². The van der Waals surface area contributed by atoms with Crippen molar-refractivity contribution < 1.29 is 9.59 Å². The summed E-state index contributed by atoms with van der Waals surface area (Å²) in [5.74, 6) is -0.272. The first-order valence-corrected chi connectivity index (χ1v) is 10.1. The van der Waals surface area contributed by atoms with E-state index in [1.807, 2.05) is 72.8 Å². The summed E-state index contributed by atoms with van der Waals surface area (Å²) >= 11 is 1.32. The monoisotopic (exact) mass is 401 g/mol. The number of benzene rings is 3. The molecule has 5 nitrogen and oxygen atoms in total.